The van der Waals surface area contributed by atoms with Gasteiger partial charge in [-0.15, -0.1) is 0 Å². The van der Waals surface area contributed by atoms with Crippen molar-refractivity contribution in [3.8, 4) is 5.75 Å². The van der Waals surface area contributed by atoms with Crippen LogP contribution in [0.5, 0.6) is 5.75 Å². The molecule has 0 saturated carbocycles. The first-order valence-electron chi connectivity index (χ1n) is 7.10. The lowest BCUT2D eigenvalue weighted by molar-refractivity contribution is -0.138. The number of carboxylic acid groups (broad SMARTS) is 1. The monoisotopic (exact) mass is 294 g/mol. The quantitative estimate of drug-likeness (QED) is 0.795. The number of likely N-dealkylation sites (N-methyl/N-ethyl adjacent to an activating group) is 1. The highest BCUT2D eigenvalue weighted by molar-refractivity contribution is 5.69. The van der Waals surface area contributed by atoms with Gasteiger partial charge in [-0.2, -0.15) is 0 Å². The Morgan fingerprint density at radius 1 is 1.33 bits per heavy atom. The zero-order valence-electron chi connectivity index (χ0n) is 13.6. The number of carboxylic acids is 1. The van der Waals surface area contributed by atoms with E-state index in [-0.39, 0.29) is 12.6 Å². The molecule has 0 aromatic heterocycles. The van der Waals surface area contributed by atoms with Gasteiger partial charge in [0.05, 0.1) is 13.7 Å². The van der Waals surface area contributed by atoms with Crippen LogP contribution in [0.4, 0.5) is 0 Å². The standard InChI is InChI=1S/C16H26N2O3/c1-12-6-7-15(21-5)14(10-12)13(2)18(11-16(19)20)9-8-17(3)4/h6-7,10,13H,8-9,11H2,1-5H3,(H,19,20). The van der Waals surface area contributed by atoms with Crippen LogP contribution in [0.1, 0.15) is 24.1 Å². The first kappa shape index (κ1) is 17.5. The number of aryl methyl sites for hydroxylation is 1. The van der Waals surface area contributed by atoms with Crippen LogP contribution in [-0.2, 0) is 4.79 Å². The lowest BCUT2D eigenvalue weighted by atomic mass is 10.0. The van der Waals surface area contributed by atoms with Gasteiger partial charge in [0, 0.05) is 24.7 Å². The number of ether oxygens (including phenoxy) is 1. The van der Waals surface area contributed by atoms with E-state index in [2.05, 4.69) is 11.0 Å². The third-order valence-electron chi connectivity index (χ3n) is 3.56. The van der Waals surface area contributed by atoms with Crippen molar-refractivity contribution in [2.45, 2.75) is 19.9 Å². The van der Waals surface area contributed by atoms with Gasteiger partial charge in [-0.05, 0) is 34.0 Å². The van der Waals surface area contributed by atoms with Gasteiger partial charge in [-0.25, -0.2) is 0 Å². The molecule has 5 heteroatoms. The average molecular weight is 294 g/mol. The van der Waals surface area contributed by atoms with Crippen LogP contribution in [0.15, 0.2) is 18.2 Å². The smallest absolute Gasteiger partial charge is 0.317 e. The molecule has 0 fully saturated rings. The molecule has 21 heavy (non-hydrogen) atoms. The highest BCUT2D eigenvalue weighted by atomic mass is 16.5. The summed E-state index contributed by atoms with van der Waals surface area (Å²) in [6, 6.07) is 5.98. The van der Waals surface area contributed by atoms with Gasteiger partial charge in [0.1, 0.15) is 5.75 Å². The van der Waals surface area contributed by atoms with Gasteiger partial charge in [-0.3, -0.25) is 9.69 Å². The van der Waals surface area contributed by atoms with E-state index in [4.69, 9.17) is 9.84 Å². The Hall–Kier alpha value is -1.59. The van der Waals surface area contributed by atoms with E-state index in [9.17, 15) is 4.79 Å². The molecule has 1 N–H and O–H groups in total. The van der Waals surface area contributed by atoms with Crippen molar-refractivity contribution < 1.29 is 14.6 Å². The van der Waals surface area contributed by atoms with Gasteiger partial charge in [0.2, 0.25) is 0 Å². The van der Waals surface area contributed by atoms with Gasteiger partial charge >= 0.3 is 5.97 Å². The Bertz CT molecular complexity index is 475. The Balaban J connectivity index is 3.00. The van der Waals surface area contributed by atoms with E-state index in [1.807, 2.05) is 45.0 Å². The van der Waals surface area contributed by atoms with E-state index in [0.717, 1.165) is 23.4 Å². The third-order valence-corrected chi connectivity index (χ3v) is 3.56. The molecule has 1 aromatic carbocycles. The number of benzene rings is 1. The Labute approximate surface area is 127 Å². The number of aliphatic carboxylic acids is 1. The second kappa shape index (κ2) is 8.00. The highest BCUT2D eigenvalue weighted by Crippen LogP contribution is 2.29. The zero-order valence-corrected chi connectivity index (χ0v) is 13.6. The first-order valence-corrected chi connectivity index (χ1v) is 7.10. The van der Waals surface area contributed by atoms with Crippen LogP contribution in [0.25, 0.3) is 0 Å². The number of hydrogen-bond acceptors (Lipinski definition) is 4. The van der Waals surface area contributed by atoms with Gasteiger partial charge in [0.25, 0.3) is 0 Å². The Morgan fingerprint density at radius 3 is 2.52 bits per heavy atom. The molecule has 0 aliphatic carbocycles. The largest absolute Gasteiger partial charge is 0.496 e. The molecular formula is C16H26N2O3. The summed E-state index contributed by atoms with van der Waals surface area (Å²) < 4.78 is 5.42. The minimum Gasteiger partial charge on any atom is -0.496 e. The second-order valence-corrected chi connectivity index (χ2v) is 5.59. The normalized spacial score (nSPS) is 12.7. The topological polar surface area (TPSA) is 53.0 Å². The predicted octanol–water partition coefficient (Wildman–Crippen LogP) is 2.01. The third kappa shape index (κ3) is 5.36. The van der Waals surface area contributed by atoms with E-state index < -0.39 is 5.97 Å². The molecule has 1 atom stereocenters. The van der Waals surface area contributed by atoms with Crippen LogP contribution in [0.2, 0.25) is 0 Å². The van der Waals surface area contributed by atoms with E-state index in [0.29, 0.717) is 6.54 Å². The van der Waals surface area contributed by atoms with E-state index >= 15 is 0 Å². The number of methoxy groups -OCH3 is 1. The second-order valence-electron chi connectivity index (χ2n) is 5.59. The minimum absolute atomic E-state index is 0.0177. The molecule has 0 bridgehead atoms. The van der Waals surface area contributed by atoms with Crippen LogP contribution in [0, 0.1) is 6.92 Å². The van der Waals surface area contributed by atoms with Gasteiger partial charge < -0.3 is 14.7 Å². The number of carbonyl (C=O) groups is 1. The summed E-state index contributed by atoms with van der Waals surface area (Å²) in [4.78, 5) is 15.1. The van der Waals surface area contributed by atoms with Crippen molar-refractivity contribution in [2.75, 3.05) is 40.8 Å². The molecule has 1 aromatic rings. The minimum atomic E-state index is -0.813. The molecular weight excluding hydrogens is 268 g/mol. The first-order chi connectivity index (χ1) is 9.85. The Morgan fingerprint density at radius 2 is 2.00 bits per heavy atom. The summed E-state index contributed by atoms with van der Waals surface area (Å²) in [5.41, 5.74) is 2.16. The number of hydrogen-bond donors (Lipinski definition) is 1. The maximum Gasteiger partial charge on any atom is 0.317 e. The molecule has 0 saturated heterocycles. The molecule has 0 spiro atoms. The molecule has 5 nitrogen and oxygen atoms in total. The van der Waals surface area contributed by atoms with Crippen molar-refractivity contribution in [2.24, 2.45) is 0 Å². The van der Waals surface area contributed by atoms with Crippen LogP contribution in [0.3, 0.4) is 0 Å². The van der Waals surface area contributed by atoms with Crippen molar-refractivity contribution in [3.05, 3.63) is 29.3 Å². The molecule has 0 amide bonds. The fourth-order valence-electron chi connectivity index (χ4n) is 2.29. The maximum atomic E-state index is 11.1. The van der Waals surface area contributed by atoms with E-state index in [1.165, 1.54) is 0 Å². The number of rotatable bonds is 8. The molecule has 0 aliphatic rings. The predicted molar refractivity (Wildman–Crippen MR) is 83.9 cm³/mol. The number of nitrogens with zero attached hydrogens (tertiary/aromatic N) is 2. The molecule has 1 unspecified atom stereocenters. The lowest BCUT2D eigenvalue weighted by Crippen LogP contribution is -2.37. The molecule has 0 heterocycles. The molecule has 1 rings (SSSR count). The van der Waals surface area contributed by atoms with Crippen LogP contribution in [-0.4, -0.2) is 61.7 Å². The fraction of sp³-hybridized carbons (Fsp3) is 0.562. The van der Waals surface area contributed by atoms with Gasteiger partial charge in [0.15, 0.2) is 0 Å². The molecule has 118 valence electrons. The van der Waals surface area contributed by atoms with Crippen molar-refractivity contribution in [1.29, 1.82) is 0 Å². The molecule has 0 aliphatic heterocycles. The van der Waals surface area contributed by atoms with Crippen LogP contribution >= 0.6 is 0 Å². The van der Waals surface area contributed by atoms with Crippen molar-refractivity contribution in [1.82, 2.24) is 9.80 Å². The summed E-state index contributed by atoms with van der Waals surface area (Å²) >= 11 is 0. The van der Waals surface area contributed by atoms with Gasteiger partial charge in [-0.1, -0.05) is 17.7 Å². The summed E-state index contributed by atoms with van der Waals surface area (Å²) in [5.74, 6) is -0.0134. The summed E-state index contributed by atoms with van der Waals surface area (Å²) in [7, 11) is 5.61. The van der Waals surface area contributed by atoms with Crippen molar-refractivity contribution in [3.63, 3.8) is 0 Å². The summed E-state index contributed by atoms with van der Waals surface area (Å²) in [6.45, 7) is 5.57. The van der Waals surface area contributed by atoms with Crippen LogP contribution < -0.4 is 4.74 Å². The SMILES string of the molecule is COc1ccc(C)cc1C(C)N(CCN(C)C)CC(=O)O. The fourth-order valence-corrected chi connectivity index (χ4v) is 2.29. The zero-order chi connectivity index (χ0) is 16.0. The maximum absolute atomic E-state index is 11.1. The highest BCUT2D eigenvalue weighted by Gasteiger charge is 2.21. The average Bonchev–Trinajstić information content (AvgIpc) is 2.42. The molecule has 0 radical (unpaired) electrons. The summed E-state index contributed by atoms with van der Waals surface area (Å²) in [5, 5.41) is 9.14. The van der Waals surface area contributed by atoms with E-state index in [1.54, 1.807) is 7.11 Å². The van der Waals surface area contributed by atoms with Crippen molar-refractivity contribution >= 4 is 5.97 Å². The Kier molecular flexibility index (Phi) is 6.65. The summed E-state index contributed by atoms with van der Waals surface area (Å²) in [6.07, 6.45) is 0. The lowest BCUT2D eigenvalue weighted by Gasteiger charge is -2.30.